The molecule has 4 aliphatic rings. The van der Waals surface area contributed by atoms with Crippen molar-refractivity contribution in [1.82, 2.24) is 15.2 Å². The molecule has 4 aliphatic carbocycles. The highest BCUT2D eigenvalue weighted by Gasteiger charge is 2.51. The molecule has 24 heavy (non-hydrogen) atoms. The van der Waals surface area contributed by atoms with Gasteiger partial charge in [0.15, 0.2) is 0 Å². The van der Waals surface area contributed by atoms with Gasteiger partial charge in [0.25, 0.3) is 0 Å². The predicted molar refractivity (Wildman–Crippen MR) is 88.8 cm³/mol. The number of hydrogen-bond acceptors (Lipinski definition) is 3. The van der Waals surface area contributed by atoms with Crippen LogP contribution in [0.5, 0.6) is 0 Å². The number of rotatable bonds is 5. The van der Waals surface area contributed by atoms with Crippen LogP contribution in [0.4, 0.5) is 4.39 Å². The summed E-state index contributed by atoms with van der Waals surface area (Å²) in [6.45, 7) is 2.29. The van der Waals surface area contributed by atoms with Crippen LogP contribution in [-0.4, -0.2) is 21.9 Å². The van der Waals surface area contributed by atoms with Gasteiger partial charge < -0.3 is 0 Å². The third-order valence-corrected chi connectivity index (χ3v) is 6.19. The van der Waals surface area contributed by atoms with Crippen LogP contribution in [0.3, 0.4) is 0 Å². The van der Waals surface area contributed by atoms with Gasteiger partial charge in [-0.25, -0.2) is 10.1 Å². The van der Waals surface area contributed by atoms with Crippen molar-refractivity contribution < 1.29 is 9.18 Å². The average Bonchev–Trinajstić information content (AvgIpc) is 2.86. The van der Waals surface area contributed by atoms with E-state index in [9.17, 15) is 9.18 Å². The summed E-state index contributed by atoms with van der Waals surface area (Å²) < 4.78 is 15.1. The van der Waals surface area contributed by atoms with Crippen LogP contribution in [0.15, 0.2) is 11.3 Å². The minimum Gasteiger partial charge on any atom is -0.273 e. The molecule has 5 rings (SSSR count). The first-order chi connectivity index (χ1) is 11.6. The Hall–Kier alpha value is -1.72. The molecular formula is C18H25FN4O. The molecule has 1 heterocycles. The highest BCUT2D eigenvalue weighted by atomic mass is 19.1. The molecule has 0 spiro atoms. The monoisotopic (exact) mass is 332 g/mol. The summed E-state index contributed by atoms with van der Waals surface area (Å²) in [5.41, 5.74) is 3.09. The Bertz CT molecular complexity index is 631. The van der Waals surface area contributed by atoms with Crippen LogP contribution in [0.25, 0.3) is 0 Å². The zero-order chi connectivity index (χ0) is 16.7. The van der Waals surface area contributed by atoms with Crippen molar-refractivity contribution in [1.29, 1.82) is 0 Å². The van der Waals surface area contributed by atoms with Crippen molar-refractivity contribution in [3.8, 4) is 0 Å². The zero-order valence-corrected chi connectivity index (χ0v) is 14.2. The number of aromatic nitrogens is 2. The minimum atomic E-state index is -0.420. The van der Waals surface area contributed by atoms with E-state index in [1.165, 1.54) is 55.6 Å². The standard InChI is InChI=1S/C18H25FN4O/c1-2-23-17(19)15(11-21-23)10-20-22-16(24)9-18-6-12-3-13(7-18)5-14(4-12)8-18/h10-14H,2-9H2,1H3,(H,22,24). The zero-order valence-electron chi connectivity index (χ0n) is 14.2. The van der Waals surface area contributed by atoms with Gasteiger partial charge >= 0.3 is 0 Å². The number of nitrogens with zero attached hydrogens (tertiary/aromatic N) is 3. The van der Waals surface area contributed by atoms with E-state index in [4.69, 9.17) is 0 Å². The van der Waals surface area contributed by atoms with Gasteiger partial charge in [0.05, 0.1) is 18.0 Å². The van der Waals surface area contributed by atoms with E-state index < -0.39 is 5.95 Å². The Morgan fingerprint density at radius 1 is 1.38 bits per heavy atom. The normalized spacial score (nSPS) is 34.2. The lowest BCUT2D eigenvalue weighted by Crippen LogP contribution is -2.47. The van der Waals surface area contributed by atoms with E-state index in [-0.39, 0.29) is 11.3 Å². The Kier molecular flexibility index (Phi) is 3.93. The minimum absolute atomic E-state index is 0.0449. The third kappa shape index (κ3) is 2.87. The largest absolute Gasteiger partial charge is 0.273 e. The molecule has 1 N–H and O–H groups in total. The van der Waals surface area contributed by atoms with Crippen molar-refractivity contribution >= 4 is 12.1 Å². The number of halogens is 1. The lowest BCUT2D eigenvalue weighted by atomic mass is 9.49. The summed E-state index contributed by atoms with van der Waals surface area (Å²) in [7, 11) is 0. The van der Waals surface area contributed by atoms with E-state index in [2.05, 4.69) is 15.6 Å². The summed E-state index contributed by atoms with van der Waals surface area (Å²) >= 11 is 0. The number of nitrogens with one attached hydrogen (secondary N) is 1. The molecule has 130 valence electrons. The summed E-state index contributed by atoms with van der Waals surface area (Å²) in [5.74, 6) is 2.04. The molecule has 1 aromatic heterocycles. The molecule has 6 heteroatoms. The topological polar surface area (TPSA) is 59.3 Å². The van der Waals surface area contributed by atoms with Crippen molar-refractivity contribution in [2.24, 2.45) is 28.3 Å². The third-order valence-electron chi connectivity index (χ3n) is 6.19. The van der Waals surface area contributed by atoms with Gasteiger partial charge in [-0.1, -0.05) is 0 Å². The first-order valence-corrected chi connectivity index (χ1v) is 9.10. The van der Waals surface area contributed by atoms with Crippen LogP contribution in [-0.2, 0) is 11.3 Å². The summed E-state index contributed by atoms with van der Waals surface area (Å²) in [4.78, 5) is 12.3. The molecule has 0 saturated heterocycles. The summed E-state index contributed by atoms with van der Waals surface area (Å²) in [6.07, 6.45) is 11.1. The molecule has 0 atom stereocenters. The van der Waals surface area contributed by atoms with Crippen LogP contribution >= 0.6 is 0 Å². The Labute approximate surface area is 141 Å². The van der Waals surface area contributed by atoms with Gasteiger partial charge in [0, 0.05) is 13.0 Å². The van der Waals surface area contributed by atoms with Gasteiger partial charge in [-0.15, -0.1) is 0 Å². The van der Waals surface area contributed by atoms with E-state index in [1.807, 2.05) is 6.92 Å². The maximum Gasteiger partial charge on any atom is 0.240 e. The van der Waals surface area contributed by atoms with E-state index >= 15 is 0 Å². The number of amides is 1. The molecule has 5 nitrogen and oxygen atoms in total. The van der Waals surface area contributed by atoms with Crippen molar-refractivity contribution in [3.05, 3.63) is 17.7 Å². The number of hydrazone groups is 1. The molecule has 1 aromatic rings. The Morgan fingerprint density at radius 3 is 2.54 bits per heavy atom. The van der Waals surface area contributed by atoms with Gasteiger partial charge in [-0.2, -0.15) is 14.6 Å². The first-order valence-electron chi connectivity index (χ1n) is 9.10. The average molecular weight is 332 g/mol. The fraction of sp³-hybridized carbons (Fsp3) is 0.722. The maximum atomic E-state index is 13.8. The second-order valence-corrected chi connectivity index (χ2v) is 8.09. The highest BCUT2D eigenvalue weighted by Crippen LogP contribution is 2.61. The first kappa shape index (κ1) is 15.8. The highest BCUT2D eigenvalue weighted by molar-refractivity contribution is 5.82. The van der Waals surface area contributed by atoms with E-state index in [1.54, 1.807) is 0 Å². The molecule has 0 radical (unpaired) electrons. The Balaban J connectivity index is 1.35. The van der Waals surface area contributed by atoms with Crippen molar-refractivity contribution in [2.75, 3.05) is 0 Å². The Morgan fingerprint density at radius 2 is 2.00 bits per heavy atom. The fourth-order valence-electron chi connectivity index (χ4n) is 5.75. The molecule has 4 saturated carbocycles. The predicted octanol–water partition coefficient (Wildman–Crippen LogP) is 3.10. The summed E-state index contributed by atoms with van der Waals surface area (Å²) in [5, 5.41) is 7.85. The number of hydrogen-bond donors (Lipinski definition) is 1. The van der Waals surface area contributed by atoms with Crippen LogP contribution in [0.1, 0.15) is 57.4 Å². The van der Waals surface area contributed by atoms with E-state index in [0.717, 1.165) is 17.8 Å². The van der Waals surface area contributed by atoms with Gasteiger partial charge in [0.1, 0.15) is 0 Å². The van der Waals surface area contributed by atoms with Crippen LogP contribution < -0.4 is 5.43 Å². The molecule has 0 aromatic carbocycles. The van der Waals surface area contributed by atoms with Crippen LogP contribution in [0.2, 0.25) is 0 Å². The summed E-state index contributed by atoms with van der Waals surface area (Å²) in [6, 6.07) is 0. The number of aryl methyl sites for hydroxylation is 1. The number of carbonyl (C=O) groups excluding carboxylic acids is 1. The van der Waals surface area contributed by atoms with Crippen molar-refractivity contribution in [2.45, 2.75) is 58.4 Å². The van der Waals surface area contributed by atoms with Crippen molar-refractivity contribution in [3.63, 3.8) is 0 Å². The second kappa shape index (κ2) is 5.97. The van der Waals surface area contributed by atoms with Gasteiger partial charge in [0.2, 0.25) is 11.9 Å². The molecule has 0 unspecified atom stereocenters. The van der Waals surface area contributed by atoms with Gasteiger partial charge in [-0.3, -0.25) is 4.79 Å². The maximum absolute atomic E-state index is 13.8. The quantitative estimate of drug-likeness (QED) is 0.665. The molecular weight excluding hydrogens is 307 g/mol. The SMILES string of the molecule is CCn1ncc(C=NNC(=O)CC23CC4CC(CC(C4)C2)C3)c1F. The smallest absolute Gasteiger partial charge is 0.240 e. The van der Waals surface area contributed by atoms with E-state index in [0.29, 0.717) is 18.5 Å². The second-order valence-electron chi connectivity index (χ2n) is 8.09. The van der Waals surface area contributed by atoms with Crippen LogP contribution in [0, 0.1) is 29.1 Å². The fourth-order valence-corrected chi connectivity index (χ4v) is 5.75. The lowest BCUT2D eigenvalue weighted by Gasteiger charge is -2.56. The molecule has 1 amide bonds. The molecule has 0 aliphatic heterocycles. The molecule has 4 bridgehead atoms. The number of carbonyl (C=O) groups is 1. The lowest BCUT2D eigenvalue weighted by molar-refractivity contribution is -0.129. The van der Waals surface area contributed by atoms with Gasteiger partial charge in [-0.05, 0) is 68.6 Å². The molecule has 4 fully saturated rings.